The van der Waals surface area contributed by atoms with Crippen LogP contribution in [-0.2, 0) is 0 Å². The molecule has 0 aliphatic heterocycles. The monoisotopic (exact) mass is 153 g/mol. The summed E-state index contributed by atoms with van der Waals surface area (Å²) in [6, 6.07) is 0. The van der Waals surface area contributed by atoms with Gasteiger partial charge in [-0.1, -0.05) is 0 Å². The van der Waals surface area contributed by atoms with Gasteiger partial charge in [0.05, 0.1) is 0 Å². The Labute approximate surface area is 62.8 Å². The van der Waals surface area contributed by atoms with Crippen LogP contribution < -0.4 is 0 Å². The van der Waals surface area contributed by atoms with Gasteiger partial charge < -0.3 is 0 Å². The predicted octanol–water partition coefficient (Wildman–Crippen LogP) is 0.210. The van der Waals surface area contributed by atoms with E-state index in [2.05, 4.69) is 15.2 Å². The molecular formula is C6H7N3O2. The lowest BCUT2D eigenvalue weighted by Crippen LogP contribution is -1.97. The third-order valence-electron chi connectivity index (χ3n) is 1.13. The minimum absolute atomic E-state index is 0.0511. The smallest absolute Gasteiger partial charge is 0.217 e. The molecule has 0 saturated heterocycles. The Morgan fingerprint density at radius 2 is 1.91 bits per heavy atom. The summed E-state index contributed by atoms with van der Waals surface area (Å²) in [5.41, 5.74) is 0. The maximum Gasteiger partial charge on any atom is 0.217 e. The zero-order valence-electron chi connectivity index (χ0n) is 6.21. The Morgan fingerprint density at radius 3 is 2.18 bits per heavy atom. The summed E-state index contributed by atoms with van der Waals surface area (Å²) in [6.45, 7) is 2.69. The summed E-state index contributed by atoms with van der Waals surface area (Å²) in [5, 5.41) is 5.89. The number of nitrogens with one attached hydrogen (secondary N) is 1. The van der Waals surface area contributed by atoms with E-state index in [1.54, 1.807) is 0 Å². The Balaban J connectivity index is 2.99. The molecule has 0 fully saturated rings. The molecule has 0 unspecified atom stereocenters. The van der Waals surface area contributed by atoms with Crippen molar-refractivity contribution in [2.75, 3.05) is 0 Å². The van der Waals surface area contributed by atoms with Crippen LogP contribution >= 0.6 is 0 Å². The molecule has 0 aromatic carbocycles. The van der Waals surface area contributed by atoms with Crippen molar-refractivity contribution in [1.29, 1.82) is 0 Å². The van der Waals surface area contributed by atoms with Crippen LogP contribution in [0, 0.1) is 0 Å². The van der Waals surface area contributed by atoms with Crippen LogP contribution in [0.15, 0.2) is 0 Å². The highest BCUT2D eigenvalue weighted by molar-refractivity contribution is 5.94. The van der Waals surface area contributed by atoms with Crippen molar-refractivity contribution in [2.24, 2.45) is 0 Å². The summed E-state index contributed by atoms with van der Waals surface area (Å²) in [6.07, 6.45) is 0. The predicted molar refractivity (Wildman–Crippen MR) is 36.4 cm³/mol. The minimum Gasteiger partial charge on any atom is -0.291 e. The SMILES string of the molecule is CC(=O)c1n[nH]c(C(C)=O)n1. The lowest BCUT2D eigenvalue weighted by Gasteiger charge is -1.80. The first-order chi connectivity index (χ1) is 5.11. The maximum atomic E-state index is 10.6. The van der Waals surface area contributed by atoms with E-state index < -0.39 is 0 Å². The van der Waals surface area contributed by atoms with Crippen LogP contribution in [0.4, 0.5) is 0 Å². The van der Waals surface area contributed by atoms with E-state index in [1.807, 2.05) is 0 Å². The molecule has 5 nitrogen and oxygen atoms in total. The average molecular weight is 153 g/mol. The van der Waals surface area contributed by atoms with Crippen molar-refractivity contribution >= 4 is 11.6 Å². The van der Waals surface area contributed by atoms with Gasteiger partial charge in [-0.2, -0.15) is 0 Å². The van der Waals surface area contributed by atoms with Gasteiger partial charge in [0.15, 0.2) is 17.4 Å². The number of H-pyrrole nitrogens is 1. The molecule has 1 heterocycles. The van der Waals surface area contributed by atoms with Gasteiger partial charge in [0.25, 0.3) is 0 Å². The summed E-state index contributed by atoms with van der Waals surface area (Å²) >= 11 is 0. The van der Waals surface area contributed by atoms with Gasteiger partial charge in [-0.15, -0.1) is 5.10 Å². The number of rotatable bonds is 2. The Bertz CT molecular complexity index is 274. The summed E-state index contributed by atoms with van der Waals surface area (Å²) < 4.78 is 0. The number of nitrogens with zero attached hydrogens (tertiary/aromatic N) is 2. The molecule has 0 aliphatic rings. The molecule has 0 bridgehead atoms. The van der Waals surface area contributed by atoms with E-state index in [0.29, 0.717) is 0 Å². The molecule has 0 saturated carbocycles. The standard InChI is InChI=1S/C6H7N3O2/c1-3(10)5-7-6(4(2)11)9-8-5/h1-2H3,(H,7,8,9). The lowest BCUT2D eigenvalue weighted by atomic mass is 10.4. The van der Waals surface area contributed by atoms with Gasteiger partial charge >= 0.3 is 0 Å². The number of aromatic nitrogens is 3. The molecule has 0 aliphatic carbocycles. The number of hydrogen-bond acceptors (Lipinski definition) is 4. The van der Waals surface area contributed by atoms with Gasteiger partial charge in [0.2, 0.25) is 5.82 Å². The van der Waals surface area contributed by atoms with E-state index >= 15 is 0 Å². The molecule has 1 aromatic rings. The van der Waals surface area contributed by atoms with Crippen molar-refractivity contribution in [3.63, 3.8) is 0 Å². The quantitative estimate of drug-likeness (QED) is 0.616. The van der Waals surface area contributed by atoms with Crippen LogP contribution in [0.5, 0.6) is 0 Å². The number of aromatic amines is 1. The number of carbonyl (C=O) groups excluding carboxylic acids is 2. The van der Waals surface area contributed by atoms with Crippen molar-refractivity contribution in [2.45, 2.75) is 13.8 Å². The van der Waals surface area contributed by atoms with E-state index in [0.717, 1.165) is 0 Å². The van der Waals surface area contributed by atoms with E-state index in [4.69, 9.17) is 0 Å². The molecule has 0 amide bonds. The zero-order chi connectivity index (χ0) is 8.43. The van der Waals surface area contributed by atoms with Crippen LogP contribution in [0.2, 0.25) is 0 Å². The van der Waals surface area contributed by atoms with Crippen molar-refractivity contribution < 1.29 is 9.59 Å². The molecule has 0 spiro atoms. The third kappa shape index (κ3) is 1.49. The lowest BCUT2D eigenvalue weighted by molar-refractivity contribution is 0.100. The number of ketones is 2. The first-order valence-corrected chi connectivity index (χ1v) is 3.05. The fraction of sp³-hybridized carbons (Fsp3) is 0.333. The molecule has 5 heteroatoms. The van der Waals surface area contributed by atoms with Crippen LogP contribution in [-0.4, -0.2) is 26.7 Å². The van der Waals surface area contributed by atoms with Crippen molar-refractivity contribution in [3.8, 4) is 0 Å². The van der Waals surface area contributed by atoms with Crippen LogP contribution in [0.25, 0.3) is 0 Å². The summed E-state index contributed by atoms with van der Waals surface area (Å²) in [5.74, 6) is -0.316. The van der Waals surface area contributed by atoms with Gasteiger partial charge in [0, 0.05) is 13.8 Å². The second-order valence-electron chi connectivity index (χ2n) is 2.12. The highest BCUT2D eigenvalue weighted by Crippen LogP contribution is 1.93. The fourth-order valence-electron chi connectivity index (χ4n) is 0.577. The second kappa shape index (κ2) is 2.61. The van der Waals surface area contributed by atoms with Crippen molar-refractivity contribution in [3.05, 3.63) is 11.6 Å². The van der Waals surface area contributed by atoms with E-state index in [-0.39, 0.29) is 23.2 Å². The first-order valence-electron chi connectivity index (χ1n) is 3.05. The summed E-state index contributed by atoms with van der Waals surface area (Å²) in [7, 11) is 0. The first kappa shape index (κ1) is 7.59. The summed E-state index contributed by atoms with van der Waals surface area (Å²) in [4.78, 5) is 24.9. The zero-order valence-corrected chi connectivity index (χ0v) is 6.21. The van der Waals surface area contributed by atoms with E-state index in [1.165, 1.54) is 13.8 Å². The van der Waals surface area contributed by atoms with Gasteiger partial charge in [0.1, 0.15) is 0 Å². The number of Topliss-reactive ketones (excluding diaryl/α,β-unsaturated/α-hetero) is 2. The Kier molecular flexibility index (Phi) is 1.80. The fourth-order valence-corrected chi connectivity index (χ4v) is 0.577. The molecular weight excluding hydrogens is 146 g/mol. The highest BCUT2D eigenvalue weighted by atomic mass is 16.1. The molecule has 1 aromatic heterocycles. The van der Waals surface area contributed by atoms with Crippen LogP contribution in [0.3, 0.4) is 0 Å². The van der Waals surface area contributed by atoms with E-state index in [9.17, 15) is 9.59 Å². The maximum absolute atomic E-state index is 10.6. The molecule has 0 radical (unpaired) electrons. The van der Waals surface area contributed by atoms with Gasteiger partial charge in [-0.3, -0.25) is 14.7 Å². The molecule has 58 valence electrons. The van der Waals surface area contributed by atoms with Crippen LogP contribution in [0.1, 0.15) is 35.1 Å². The molecule has 1 N–H and O–H groups in total. The second-order valence-corrected chi connectivity index (χ2v) is 2.12. The normalized spacial score (nSPS) is 9.64. The highest BCUT2D eigenvalue weighted by Gasteiger charge is 2.09. The Hall–Kier alpha value is -1.52. The topological polar surface area (TPSA) is 75.7 Å². The largest absolute Gasteiger partial charge is 0.291 e. The third-order valence-corrected chi connectivity index (χ3v) is 1.13. The van der Waals surface area contributed by atoms with Gasteiger partial charge in [-0.05, 0) is 0 Å². The van der Waals surface area contributed by atoms with Gasteiger partial charge in [-0.25, -0.2) is 4.98 Å². The Morgan fingerprint density at radius 1 is 1.27 bits per heavy atom. The average Bonchev–Trinajstić information content (AvgIpc) is 2.33. The molecule has 11 heavy (non-hydrogen) atoms. The van der Waals surface area contributed by atoms with Crippen molar-refractivity contribution in [1.82, 2.24) is 15.2 Å². The minimum atomic E-state index is -0.256. The molecule has 1 rings (SSSR count). The molecule has 0 atom stereocenters. The number of hydrogen-bond donors (Lipinski definition) is 1. The number of carbonyl (C=O) groups is 2.